The second-order valence-electron chi connectivity index (χ2n) is 6.07. The van der Waals surface area contributed by atoms with E-state index in [0.717, 1.165) is 28.1 Å². The summed E-state index contributed by atoms with van der Waals surface area (Å²) >= 11 is 0. The van der Waals surface area contributed by atoms with Crippen LogP contribution in [0.1, 0.15) is 22.6 Å². The molecule has 6 heteroatoms. The molecular formula is C21H18N6. The zero-order chi connectivity index (χ0) is 18.5. The van der Waals surface area contributed by atoms with Crippen molar-refractivity contribution in [2.45, 2.75) is 5.92 Å². The normalized spacial score (nSPS) is 10.7. The fraction of sp³-hybridized carbons (Fsp3) is 0.0476. The van der Waals surface area contributed by atoms with Gasteiger partial charge >= 0.3 is 0 Å². The van der Waals surface area contributed by atoms with Crippen LogP contribution in [0, 0.1) is 0 Å². The van der Waals surface area contributed by atoms with Crippen molar-refractivity contribution in [3.63, 3.8) is 0 Å². The van der Waals surface area contributed by atoms with Crippen molar-refractivity contribution in [1.29, 1.82) is 0 Å². The van der Waals surface area contributed by atoms with Gasteiger partial charge in [-0.2, -0.15) is 0 Å². The number of rotatable bonds is 5. The zero-order valence-electron chi connectivity index (χ0n) is 14.5. The molecule has 0 unspecified atom stereocenters. The minimum absolute atomic E-state index is 0.115. The minimum atomic E-state index is -0.115. The van der Waals surface area contributed by atoms with Gasteiger partial charge in [0.25, 0.3) is 0 Å². The molecule has 0 atom stereocenters. The van der Waals surface area contributed by atoms with E-state index in [1.807, 2.05) is 54.9 Å². The molecule has 3 N–H and O–H groups in total. The second kappa shape index (κ2) is 7.61. The fourth-order valence-corrected chi connectivity index (χ4v) is 3.04. The number of nitrogens with two attached hydrogens (primary N) is 1. The van der Waals surface area contributed by atoms with Gasteiger partial charge in [-0.1, -0.05) is 12.1 Å². The molecular weight excluding hydrogens is 336 g/mol. The van der Waals surface area contributed by atoms with Crippen LogP contribution in [0.5, 0.6) is 0 Å². The molecule has 0 spiro atoms. The van der Waals surface area contributed by atoms with Gasteiger partial charge < -0.3 is 11.1 Å². The number of pyridine rings is 4. The lowest BCUT2D eigenvalue weighted by Crippen LogP contribution is -2.09. The van der Waals surface area contributed by atoms with Crippen LogP contribution >= 0.6 is 0 Å². The van der Waals surface area contributed by atoms with E-state index in [0.29, 0.717) is 5.82 Å². The molecule has 0 saturated heterocycles. The van der Waals surface area contributed by atoms with Crippen LogP contribution < -0.4 is 11.1 Å². The van der Waals surface area contributed by atoms with E-state index < -0.39 is 0 Å². The van der Waals surface area contributed by atoms with Gasteiger partial charge in [-0.25, -0.2) is 4.98 Å². The SMILES string of the molecule is Nc1ncc(Nc2cccnc2)cc1C(c1cccnc1)c1cccnc1. The van der Waals surface area contributed by atoms with E-state index in [1.165, 1.54) is 0 Å². The first-order valence-corrected chi connectivity index (χ1v) is 8.53. The van der Waals surface area contributed by atoms with Crippen LogP contribution in [0.15, 0.2) is 85.8 Å². The van der Waals surface area contributed by atoms with E-state index in [-0.39, 0.29) is 5.92 Å². The lowest BCUT2D eigenvalue weighted by Gasteiger charge is -2.20. The van der Waals surface area contributed by atoms with Crippen molar-refractivity contribution in [2.24, 2.45) is 0 Å². The Kier molecular flexibility index (Phi) is 4.70. The van der Waals surface area contributed by atoms with Gasteiger partial charge in [0.2, 0.25) is 0 Å². The molecule has 0 bridgehead atoms. The standard InChI is InChI=1S/C21H18N6/c22-21-19(10-18(14-26-21)27-17-6-3-9-25-13-17)20(15-4-1-7-23-11-15)16-5-2-8-24-12-16/h1-14,20,27H,(H2,22,26). The Hall–Kier alpha value is -3.80. The predicted octanol–water partition coefficient (Wildman–Crippen LogP) is 3.77. The van der Waals surface area contributed by atoms with Crippen LogP contribution in [0.3, 0.4) is 0 Å². The van der Waals surface area contributed by atoms with Crippen LogP contribution in [0.2, 0.25) is 0 Å². The van der Waals surface area contributed by atoms with Crippen LogP contribution in [-0.2, 0) is 0 Å². The van der Waals surface area contributed by atoms with Crippen LogP contribution in [0.25, 0.3) is 0 Å². The highest BCUT2D eigenvalue weighted by atomic mass is 14.9. The van der Waals surface area contributed by atoms with E-state index in [1.54, 1.807) is 31.0 Å². The number of nitrogen functional groups attached to an aromatic ring is 1. The van der Waals surface area contributed by atoms with Crippen molar-refractivity contribution < 1.29 is 0 Å². The topological polar surface area (TPSA) is 89.6 Å². The Labute approximate surface area is 157 Å². The quantitative estimate of drug-likeness (QED) is 0.567. The maximum atomic E-state index is 6.27. The minimum Gasteiger partial charge on any atom is -0.383 e. The lowest BCUT2D eigenvalue weighted by molar-refractivity contribution is 0.945. The highest BCUT2D eigenvalue weighted by Crippen LogP contribution is 2.35. The first kappa shape index (κ1) is 16.7. The Morgan fingerprint density at radius 2 is 1.37 bits per heavy atom. The molecule has 0 saturated carbocycles. The first-order valence-electron chi connectivity index (χ1n) is 8.53. The zero-order valence-corrected chi connectivity index (χ0v) is 14.5. The van der Waals surface area contributed by atoms with E-state index >= 15 is 0 Å². The smallest absolute Gasteiger partial charge is 0.127 e. The molecule has 4 aromatic heterocycles. The summed E-state index contributed by atoms with van der Waals surface area (Å²) in [6, 6.07) is 13.7. The van der Waals surface area contributed by atoms with Gasteiger partial charge in [0.15, 0.2) is 0 Å². The lowest BCUT2D eigenvalue weighted by atomic mass is 9.87. The number of nitrogens with one attached hydrogen (secondary N) is 1. The summed E-state index contributed by atoms with van der Waals surface area (Å²) in [5.74, 6) is 0.361. The van der Waals surface area contributed by atoms with Gasteiger partial charge in [0.05, 0.1) is 23.8 Å². The number of aromatic nitrogens is 4. The number of nitrogens with zero attached hydrogens (tertiary/aromatic N) is 4. The summed E-state index contributed by atoms with van der Waals surface area (Å²) in [6.07, 6.45) is 12.4. The van der Waals surface area contributed by atoms with Crippen molar-refractivity contribution in [2.75, 3.05) is 11.1 Å². The molecule has 4 heterocycles. The molecule has 4 aromatic rings. The van der Waals surface area contributed by atoms with Gasteiger partial charge in [-0.3, -0.25) is 15.0 Å². The summed E-state index contributed by atoms with van der Waals surface area (Å²) in [6.45, 7) is 0. The molecule has 0 aromatic carbocycles. The van der Waals surface area contributed by atoms with Gasteiger partial charge in [-0.15, -0.1) is 0 Å². The second-order valence-corrected chi connectivity index (χ2v) is 6.07. The number of hydrogen-bond acceptors (Lipinski definition) is 6. The monoisotopic (exact) mass is 354 g/mol. The van der Waals surface area contributed by atoms with E-state index in [4.69, 9.17) is 5.73 Å². The molecule has 0 aliphatic heterocycles. The Morgan fingerprint density at radius 3 is 1.93 bits per heavy atom. The first-order chi connectivity index (χ1) is 13.3. The summed E-state index contributed by atoms with van der Waals surface area (Å²) in [5, 5.41) is 3.32. The summed E-state index contributed by atoms with van der Waals surface area (Å²) in [7, 11) is 0. The van der Waals surface area contributed by atoms with Crippen molar-refractivity contribution in [3.8, 4) is 0 Å². The van der Waals surface area contributed by atoms with E-state index in [9.17, 15) is 0 Å². The van der Waals surface area contributed by atoms with Crippen LogP contribution in [0.4, 0.5) is 17.2 Å². The molecule has 0 aliphatic carbocycles. The molecule has 0 aliphatic rings. The van der Waals surface area contributed by atoms with Crippen molar-refractivity contribution in [3.05, 3.63) is 103 Å². The Bertz CT molecular complexity index is 967. The molecule has 27 heavy (non-hydrogen) atoms. The predicted molar refractivity (Wildman–Crippen MR) is 106 cm³/mol. The van der Waals surface area contributed by atoms with Gasteiger partial charge in [-0.05, 0) is 41.5 Å². The average Bonchev–Trinajstić information content (AvgIpc) is 2.73. The number of anilines is 3. The largest absolute Gasteiger partial charge is 0.383 e. The highest BCUT2D eigenvalue weighted by Gasteiger charge is 2.21. The maximum absolute atomic E-state index is 6.27. The fourth-order valence-electron chi connectivity index (χ4n) is 3.04. The maximum Gasteiger partial charge on any atom is 0.127 e. The molecule has 132 valence electrons. The Morgan fingerprint density at radius 1 is 0.741 bits per heavy atom. The third-order valence-electron chi connectivity index (χ3n) is 4.25. The third-order valence-corrected chi connectivity index (χ3v) is 4.25. The number of hydrogen-bond donors (Lipinski definition) is 2. The van der Waals surface area contributed by atoms with Crippen molar-refractivity contribution >= 4 is 17.2 Å². The van der Waals surface area contributed by atoms with E-state index in [2.05, 4.69) is 25.3 Å². The molecule has 4 rings (SSSR count). The summed E-state index contributed by atoms with van der Waals surface area (Å²) in [5.41, 5.74) is 10.9. The molecule has 0 amide bonds. The summed E-state index contributed by atoms with van der Waals surface area (Å²) < 4.78 is 0. The van der Waals surface area contributed by atoms with Gasteiger partial charge in [0, 0.05) is 42.5 Å². The Balaban J connectivity index is 1.79. The molecule has 0 fully saturated rings. The van der Waals surface area contributed by atoms with Crippen LogP contribution in [-0.4, -0.2) is 19.9 Å². The summed E-state index contributed by atoms with van der Waals surface area (Å²) in [4.78, 5) is 17.1. The van der Waals surface area contributed by atoms with Gasteiger partial charge in [0.1, 0.15) is 5.82 Å². The average molecular weight is 354 g/mol. The van der Waals surface area contributed by atoms with Crippen molar-refractivity contribution in [1.82, 2.24) is 19.9 Å². The third kappa shape index (κ3) is 3.74. The highest BCUT2D eigenvalue weighted by molar-refractivity contribution is 5.63. The molecule has 6 nitrogen and oxygen atoms in total. The molecule has 0 radical (unpaired) electrons.